The Morgan fingerprint density at radius 2 is 1.72 bits per heavy atom. The van der Waals surface area contributed by atoms with Gasteiger partial charge in [0.2, 0.25) is 0 Å². The molecule has 1 amide bonds. The van der Waals surface area contributed by atoms with Crippen molar-refractivity contribution in [2.75, 3.05) is 25.2 Å². The molecule has 58 heavy (non-hydrogen) atoms. The second kappa shape index (κ2) is 15.2. The third-order valence-electron chi connectivity index (χ3n) is 11.3. The molecule has 298 valence electrons. The van der Waals surface area contributed by atoms with Crippen molar-refractivity contribution in [2.24, 2.45) is 7.05 Å². The normalized spacial score (nSPS) is 14.1. The number of pyridine rings is 1. The molecule has 13 heteroatoms. The summed E-state index contributed by atoms with van der Waals surface area (Å²) in [5, 5.41) is 18.1. The molecule has 0 spiro atoms. The van der Waals surface area contributed by atoms with Crippen molar-refractivity contribution in [2.45, 2.75) is 60.0 Å². The third kappa shape index (κ3) is 6.56. The lowest BCUT2D eigenvalue weighted by Gasteiger charge is -2.35. The van der Waals surface area contributed by atoms with E-state index in [4.69, 9.17) is 37.8 Å². The molecule has 0 fully saturated rings. The number of carbonyl (C=O) groups is 2. The number of fused-ring (bicyclic) bond motifs is 4. The number of rotatable bonds is 11. The number of carbonyl (C=O) groups excluding carboxylic acids is 1. The summed E-state index contributed by atoms with van der Waals surface area (Å²) < 4.78 is 17.4. The van der Waals surface area contributed by atoms with Gasteiger partial charge in [-0.15, -0.1) is 0 Å². The number of nitrogens with zero attached hydrogens (tertiary/aromatic N) is 6. The predicted molar refractivity (Wildman–Crippen MR) is 229 cm³/mol. The van der Waals surface area contributed by atoms with E-state index in [0.717, 1.165) is 60.9 Å². The van der Waals surface area contributed by atoms with Gasteiger partial charge in [0.1, 0.15) is 22.9 Å². The number of amides is 1. The van der Waals surface area contributed by atoms with E-state index in [1.807, 2.05) is 81.9 Å². The first-order chi connectivity index (χ1) is 27.8. The summed E-state index contributed by atoms with van der Waals surface area (Å²) in [5.74, 6) is 0.0883. The number of ether oxygens (including phenoxy) is 2. The van der Waals surface area contributed by atoms with Gasteiger partial charge in [0.05, 0.1) is 53.4 Å². The van der Waals surface area contributed by atoms with Crippen molar-refractivity contribution >= 4 is 62.6 Å². The van der Waals surface area contributed by atoms with Crippen molar-refractivity contribution in [3.63, 3.8) is 0 Å². The average Bonchev–Trinajstić information content (AvgIpc) is 3.82. The molecule has 0 bridgehead atoms. The maximum absolute atomic E-state index is 15.4. The number of anilines is 1. The number of hydrogen-bond donors (Lipinski definition) is 1. The number of methoxy groups -OCH3 is 1. The van der Waals surface area contributed by atoms with Gasteiger partial charge in [-0.25, -0.2) is 4.79 Å². The third-order valence-corrected chi connectivity index (χ3v) is 12.2. The molecule has 1 aliphatic rings. The molecule has 4 aromatic heterocycles. The lowest BCUT2D eigenvalue weighted by Crippen LogP contribution is -2.43. The first-order valence-electron chi connectivity index (χ1n) is 19.2. The highest BCUT2D eigenvalue weighted by Gasteiger charge is 2.38. The van der Waals surface area contributed by atoms with Crippen LogP contribution in [-0.4, -0.2) is 61.1 Å². The molecule has 3 aromatic carbocycles. The molecule has 0 radical (unpaired) electrons. The van der Waals surface area contributed by atoms with E-state index in [1.165, 1.54) is 0 Å². The Labute approximate surface area is 346 Å². The highest BCUT2D eigenvalue weighted by atomic mass is 35.5. The van der Waals surface area contributed by atoms with E-state index in [9.17, 15) is 9.90 Å². The smallest absolute Gasteiger partial charge is 0.352 e. The number of para-hydroxylation sites is 1. The summed E-state index contributed by atoms with van der Waals surface area (Å²) in [5.41, 5.74) is 9.80. The van der Waals surface area contributed by atoms with Crippen LogP contribution in [0.1, 0.15) is 74.1 Å². The summed E-state index contributed by atoms with van der Waals surface area (Å²) in [6.07, 6.45) is 2.81. The second-order valence-corrected chi connectivity index (χ2v) is 15.9. The van der Waals surface area contributed by atoms with E-state index < -0.39 is 5.97 Å². The molecule has 1 atom stereocenters. The fourth-order valence-electron chi connectivity index (χ4n) is 8.63. The Balaban J connectivity index is 1.28. The number of aryl methyl sites for hydroxylation is 5. The Hall–Kier alpha value is -5.78. The van der Waals surface area contributed by atoms with Gasteiger partial charge in [-0.3, -0.25) is 14.5 Å². The standard InChI is InChI=1S/C45H44Cl2N6O5/c1-24-18-32(19-25(2)40(24)47)58-17-9-11-33-34-13-14-35(46)39(38-27(4)49-50(6)28(38)5)42(34)53-26(3)22-52(44(54)43(33)53)36-12-8-10-29-20-37(45(55)56)51(41(29)36)23-30-21-31(57-7)15-16-48-30/h8,10,12-16,18-21,26H,9,11,17,22-23H2,1-7H3,(H,55,56)/t26-/m1/s1. The minimum absolute atomic E-state index is 0.0898. The first-order valence-corrected chi connectivity index (χ1v) is 20.0. The molecule has 1 aliphatic heterocycles. The van der Waals surface area contributed by atoms with Gasteiger partial charge in [0, 0.05) is 64.5 Å². The molecule has 1 N–H and O–H groups in total. The zero-order valence-electron chi connectivity index (χ0n) is 33.5. The lowest BCUT2D eigenvalue weighted by atomic mass is 9.98. The second-order valence-electron chi connectivity index (χ2n) is 15.1. The van der Waals surface area contributed by atoms with Crippen LogP contribution in [0, 0.1) is 27.7 Å². The van der Waals surface area contributed by atoms with Gasteiger partial charge in [0.15, 0.2) is 0 Å². The lowest BCUT2D eigenvalue weighted by molar-refractivity contribution is 0.0686. The van der Waals surface area contributed by atoms with Crippen LogP contribution in [0.5, 0.6) is 11.5 Å². The van der Waals surface area contributed by atoms with Crippen LogP contribution in [0.3, 0.4) is 0 Å². The quantitative estimate of drug-likeness (QED) is 0.129. The van der Waals surface area contributed by atoms with E-state index in [2.05, 4.69) is 16.5 Å². The maximum atomic E-state index is 15.4. The highest BCUT2D eigenvalue weighted by molar-refractivity contribution is 6.35. The molecule has 0 saturated carbocycles. The summed E-state index contributed by atoms with van der Waals surface area (Å²) in [4.78, 5) is 34.4. The molecule has 8 rings (SSSR count). The van der Waals surface area contributed by atoms with Crippen molar-refractivity contribution in [3.05, 3.63) is 122 Å². The van der Waals surface area contributed by atoms with E-state index >= 15 is 4.79 Å². The van der Waals surface area contributed by atoms with Gasteiger partial charge >= 0.3 is 5.97 Å². The summed E-state index contributed by atoms with van der Waals surface area (Å²) in [6.45, 7) is 10.9. The topological polar surface area (TPSA) is 117 Å². The summed E-state index contributed by atoms with van der Waals surface area (Å²) in [7, 11) is 3.50. The van der Waals surface area contributed by atoms with E-state index in [-0.39, 0.29) is 24.2 Å². The SMILES string of the molecule is COc1ccnc(Cn2c(C(=O)O)cc3cccc(N4C[C@@H](C)n5c(c(CCCOc6cc(C)c(Cl)c(C)c6)c6ccc(Cl)c(-c7c(C)nn(C)c7C)c65)C4=O)c32)c1. The van der Waals surface area contributed by atoms with Crippen LogP contribution in [0.25, 0.3) is 32.9 Å². The van der Waals surface area contributed by atoms with Crippen molar-refractivity contribution in [1.29, 1.82) is 0 Å². The minimum Gasteiger partial charge on any atom is -0.497 e. The number of carboxylic acid groups (broad SMARTS) is 1. The van der Waals surface area contributed by atoms with Crippen LogP contribution in [0.2, 0.25) is 10.0 Å². The molecule has 0 aliphatic carbocycles. The van der Waals surface area contributed by atoms with E-state index in [0.29, 0.717) is 64.7 Å². The van der Waals surface area contributed by atoms with Gasteiger partial charge in [0.25, 0.3) is 5.91 Å². The van der Waals surface area contributed by atoms with Crippen LogP contribution in [0.15, 0.2) is 66.9 Å². The molecular weight excluding hydrogens is 775 g/mol. The Morgan fingerprint density at radius 3 is 2.41 bits per heavy atom. The van der Waals surface area contributed by atoms with Crippen LogP contribution < -0.4 is 14.4 Å². The predicted octanol–water partition coefficient (Wildman–Crippen LogP) is 9.92. The average molecular weight is 820 g/mol. The fraction of sp³-hybridized carbons (Fsp3) is 0.289. The van der Waals surface area contributed by atoms with Gasteiger partial charge in [-0.05, 0) is 101 Å². The molecule has 0 unspecified atom stereocenters. The summed E-state index contributed by atoms with van der Waals surface area (Å²) >= 11 is 13.6. The van der Waals surface area contributed by atoms with Crippen LogP contribution >= 0.6 is 23.2 Å². The number of carboxylic acids is 1. The van der Waals surface area contributed by atoms with Crippen LogP contribution in [-0.2, 0) is 20.0 Å². The zero-order valence-corrected chi connectivity index (χ0v) is 35.0. The molecular formula is C45H44Cl2N6O5. The Bertz CT molecular complexity index is 2780. The first kappa shape index (κ1) is 39.1. The Kier molecular flexibility index (Phi) is 10.2. The number of aromatic carboxylic acids is 1. The maximum Gasteiger partial charge on any atom is 0.352 e. The van der Waals surface area contributed by atoms with Gasteiger partial charge < -0.3 is 28.6 Å². The Morgan fingerprint density at radius 1 is 0.966 bits per heavy atom. The minimum atomic E-state index is -1.08. The molecule has 11 nitrogen and oxygen atoms in total. The largest absolute Gasteiger partial charge is 0.497 e. The zero-order chi connectivity index (χ0) is 41.2. The van der Waals surface area contributed by atoms with Crippen molar-refractivity contribution in [1.82, 2.24) is 23.9 Å². The van der Waals surface area contributed by atoms with E-state index in [1.54, 1.807) is 41.0 Å². The number of hydrogen-bond acceptors (Lipinski definition) is 6. The summed E-state index contributed by atoms with van der Waals surface area (Å²) in [6, 6.07) is 18.4. The fourth-order valence-corrected chi connectivity index (χ4v) is 8.99. The van der Waals surface area contributed by atoms with Gasteiger partial charge in [-0.1, -0.05) is 41.4 Å². The van der Waals surface area contributed by atoms with Crippen LogP contribution in [0.4, 0.5) is 5.69 Å². The highest BCUT2D eigenvalue weighted by Crippen LogP contribution is 2.46. The monoisotopic (exact) mass is 818 g/mol. The molecule has 5 heterocycles. The van der Waals surface area contributed by atoms with Crippen molar-refractivity contribution < 1.29 is 24.2 Å². The molecule has 0 saturated heterocycles. The number of halogens is 2. The number of aromatic nitrogens is 5. The van der Waals surface area contributed by atoms with Crippen molar-refractivity contribution in [3.8, 4) is 22.6 Å². The molecule has 7 aromatic rings. The number of benzene rings is 3. The van der Waals surface area contributed by atoms with Gasteiger partial charge in [-0.2, -0.15) is 5.10 Å².